The SMILES string of the molecule is CC(=O)/C=C/CCCCCCCCCO[Si](C)(C)C(C)(C)C. The summed E-state index contributed by atoms with van der Waals surface area (Å²) in [7, 11) is -1.54. The summed E-state index contributed by atoms with van der Waals surface area (Å²) < 4.78 is 6.19. The van der Waals surface area contributed by atoms with Crippen molar-refractivity contribution < 1.29 is 9.22 Å². The summed E-state index contributed by atoms with van der Waals surface area (Å²) in [6.07, 6.45) is 13.7. The van der Waals surface area contributed by atoms with Gasteiger partial charge in [0.05, 0.1) is 0 Å². The van der Waals surface area contributed by atoms with Crippen LogP contribution in [0.15, 0.2) is 12.2 Å². The van der Waals surface area contributed by atoms with Gasteiger partial charge in [0.1, 0.15) is 0 Å². The van der Waals surface area contributed by atoms with Crippen molar-refractivity contribution in [3.8, 4) is 0 Å². The Balaban J connectivity index is 3.40. The average Bonchev–Trinajstić information content (AvgIpc) is 2.38. The van der Waals surface area contributed by atoms with E-state index < -0.39 is 8.32 Å². The average molecular weight is 327 g/mol. The molecule has 130 valence electrons. The highest BCUT2D eigenvalue weighted by atomic mass is 28.4. The Labute approximate surface area is 139 Å². The minimum Gasteiger partial charge on any atom is -0.417 e. The van der Waals surface area contributed by atoms with Gasteiger partial charge in [0.2, 0.25) is 0 Å². The number of allylic oxidation sites excluding steroid dienone is 2. The van der Waals surface area contributed by atoms with E-state index in [0.29, 0.717) is 5.04 Å². The molecule has 0 atom stereocenters. The Bertz CT molecular complexity index is 327. The summed E-state index contributed by atoms with van der Waals surface area (Å²) in [5.74, 6) is 0.153. The molecule has 0 saturated carbocycles. The fourth-order valence-electron chi connectivity index (χ4n) is 2.04. The van der Waals surface area contributed by atoms with Crippen LogP contribution in [-0.2, 0) is 9.22 Å². The maximum Gasteiger partial charge on any atom is 0.191 e. The predicted octanol–water partition coefficient (Wildman–Crippen LogP) is 6.27. The number of carbonyl (C=O) groups excluding carboxylic acids is 1. The van der Waals surface area contributed by atoms with Crippen LogP contribution in [0.1, 0.15) is 79.1 Å². The van der Waals surface area contributed by atoms with Gasteiger partial charge in [-0.2, -0.15) is 0 Å². The maximum atomic E-state index is 10.7. The Morgan fingerprint density at radius 1 is 0.955 bits per heavy atom. The van der Waals surface area contributed by atoms with Crippen LogP contribution in [0.2, 0.25) is 18.1 Å². The molecule has 0 aromatic rings. The van der Waals surface area contributed by atoms with Crippen LogP contribution in [0.3, 0.4) is 0 Å². The van der Waals surface area contributed by atoms with E-state index in [1.54, 1.807) is 13.0 Å². The summed E-state index contributed by atoms with van der Waals surface area (Å²) in [6.45, 7) is 14.1. The molecule has 0 rings (SSSR count). The van der Waals surface area contributed by atoms with Crippen molar-refractivity contribution in [3.05, 3.63) is 12.2 Å². The second-order valence-corrected chi connectivity index (χ2v) is 12.7. The number of hydrogen-bond acceptors (Lipinski definition) is 2. The van der Waals surface area contributed by atoms with Gasteiger partial charge in [0.25, 0.3) is 0 Å². The third-order valence-corrected chi connectivity index (χ3v) is 9.17. The van der Waals surface area contributed by atoms with E-state index in [1.165, 1.54) is 44.9 Å². The van der Waals surface area contributed by atoms with Crippen LogP contribution in [-0.4, -0.2) is 20.7 Å². The van der Waals surface area contributed by atoms with E-state index in [9.17, 15) is 4.79 Å². The van der Waals surface area contributed by atoms with E-state index in [-0.39, 0.29) is 5.78 Å². The molecular formula is C19H38O2Si. The van der Waals surface area contributed by atoms with Crippen molar-refractivity contribution in [3.63, 3.8) is 0 Å². The molecule has 0 aliphatic carbocycles. The van der Waals surface area contributed by atoms with Gasteiger partial charge in [0.15, 0.2) is 14.1 Å². The number of unbranched alkanes of at least 4 members (excludes halogenated alkanes) is 7. The molecule has 0 bridgehead atoms. The maximum absolute atomic E-state index is 10.7. The monoisotopic (exact) mass is 326 g/mol. The van der Waals surface area contributed by atoms with Gasteiger partial charge < -0.3 is 4.43 Å². The molecule has 0 aromatic carbocycles. The second-order valence-electron chi connectivity index (χ2n) is 7.89. The van der Waals surface area contributed by atoms with Crippen molar-refractivity contribution in [2.24, 2.45) is 0 Å². The first kappa shape index (κ1) is 21.6. The molecule has 2 nitrogen and oxygen atoms in total. The molecule has 0 saturated heterocycles. The molecule has 0 aliphatic rings. The van der Waals surface area contributed by atoms with Crippen LogP contribution in [0, 0.1) is 0 Å². The minimum absolute atomic E-state index is 0.153. The summed E-state index contributed by atoms with van der Waals surface area (Å²) in [4.78, 5) is 10.7. The van der Waals surface area contributed by atoms with Crippen LogP contribution < -0.4 is 0 Å². The Morgan fingerprint density at radius 2 is 1.45 bits per heavy atom. The van der Waals surface area contributed by atoms with Gasteiger partial charge in [-0.15, -0.1) is 0 Å². The summed E-state index contributed by atoms with van der Waals surface area (Å²) in [5.41, 5.74) is 0. The molecule has 0 radical (unpaired) electrons. The van der Waals surface area contributed by atoms with Gasteiger partial charge in [-0.25, -0.2) is 0 Å². The van der Waals surface area contributed by atoms with Gasteiger partial charge in [-0.3, -0.25) is 4.79 Å². The molecule has 0 N–H and O–H groups in total. The highest BCUT2D eigenvalue weighted by Crippen LogP contribution is 2.36. The molecule has 0 fully saturated rings. The van der Waals surface area contributed by atoms with E-state index in [0.717, 1.165) is 13.0 Å². The first-order valence-corrected chi connectivity index (χ1v) is 11.9. The zero-order chi connectivity index (χ0) is 17.1. The van der Waals surface area contributed by atoms with Gasteiger partial charge in [-0.05, 0) is 50.4 Å². The molecule has 0 unspecified atom stereocenters. The topological polar surface area (TPSA) is 26.3 Å². The molecule has 3 heteroatoms. The highest BCUT2D eigenvalue weighted by molar-refractivity contribution is 6.74. The quantitative estimate of drug-likeness (QED) is 0.240. The molecule has 0 heterocycles. The lowest BCUT2D eigenvalue weighted by molar-refractivity contribution is -0.112. The second kappa shape index (κ2) is 11.2. The van der Waals surface area contributed by atoms with Gasteiger partial charge in [0, 0.05) is 6.61 Å². The number of ketones is 1. The van der Waals surface area contributed by atoms with E-state index in [1.807, 2.05) is 6.08 Å². The van der Waals surface area contributed by atoms with Gasteiger partial charge in [-0.1, -0.05) is 59.0 Å². The first-order valence-electron chi connectivity index (χ1n) is 8.98. The van der Waals surface area contributed by atoms with E-state index in [4.69, 9.17) is 4.43 Å². The van der Waals surface area contributed by atoms with Crippen molar-refractivity contribution in [2.45, 2.75) is 97.2 Å². The van der Waals surface area contributed by atoms with Gasteiger partial charge >= 0.3 is 0 Å². The van der Waals surface area contributed by atoms with Crippen molar-refractivity contribution in [2.75, 3.05) is 6.61 Å². The molecule has 0 aromatic heterocycles. The lowest BCUT2D eigenvalue weighted by atomic mass is 10.1. The standard InChI is InChI=1S/C19H38O2Si/c1-18(20)16-14-12-10-8-7-9-11-13-15-17-21-22(5,6)19(2,3)4/h14,16H,7-13,15,17H2,1-6H3/b16-14+. The molecular weight excluding hydrogens is 288 g/mol. The van der Waals surface area contributed by atoms with Crippen molar-refractivity contribution in [1.29, 1.82) is 0 Å². The molecule has 22 heavy (non-hydrogen) atoms. The largest absolute Gasteiger partial charge is 0.417 e. The third kappa shape index (κ3) is 11.2. The predicted molar refractivity (Wildman–Crippen MR) is 99.9 cm³/mol. The summed E-state index contributed by atoms with van der Waals surface area (Å²) in [5, 5.41) is 0.323. The minimum atomic E-state index is -1.54. The van der Waals surface area contributed by atoms with Crippen molar-refractivity contribution >= 4 is 14.1 Å². The van der Waals surface area contributed by atoms with E-state index in [2.05, 4.69) is 33.9 Å². The van der Waals surface area contributed by atoms with Crippen LogP contribution in [0.5, 0.6) is 0 Å². The summed E-state index contributed by atoms with van der Waals surface area (Å²) in [6, 6.07) is 0. The fraction of sp³-hybridized carbons (Fsp3) is 0.842. The van der Waals surface area contributed by atoms with E-state index >= 15 is 0 Å². The third-order valence-electron chi connectivity index (χ3n) is 4.64. The Morgan fingerprint density at radius 3 is 1.95 bits per heavy atom. The normalized spacial score (nSPS) is 13.0. The van der Waals surface area contributed by atoms with Crippen LogP contribution in [0.25, 0.3) is 0 Å². The first-order chi connectivity index (χ1) is 10.2. The highest BCUT2D eigenvalue weighted by Gasteiger charge is 2.36. The Hall–Kier alpha value is -0.413. The zero-order valence-electron chi connectivity index (χ0n) is 15.8. The van der Waals surface area contributed by atoms with Crippen LogP contribution in [0.4, 0.5) is 0 Å². The van der Waals surface area contributed by atoms with Crippen LogP contribution >= 0.6 is 0 Å². The Kier molecular flexibility index (Phi) is 11.0. The zero-order valence-corrected chi connectivity index (χ0v) is 16.8. The number of hydrogen-bond donors (Lipinski definition) is 0. The number of carbonyl (C=O) groups is 1. The molecule has 0 amide bonds. The lowest BCUT2D eigenvalue weighted by Crippen LogP contribution is -2.40. The lowest BCUT2D eigenvalue weighted by Gasteiger charge is -2.36. The number of rotatable bonds is 12. The molecule has 0 aliphatic heterocycles. The fourth-order valence-corrected chi connectivity index (χ4v) is 3.13. The van der Waals surface area contributed by atoms with Crippen molar-refractivity contribution in [1.82, 2.24) is 0 Å². The summed E-state index contributed by atoms with van der Waals surface area (Å²) >= 11 is 0. The molecule has 0 spiro atoms. The smallest absolute Gasteiger partial charge is 0.191 e.